The Kier molecular flexibility index (Phi) is 4.76. The Morgan fingerprint density at radius 3 is 2.33 bits per heavy atom. The van der Waals surface area contributed by atoms with Crippen molar-refractivity contribution in [3.8, 4) is 0 Å². The van der Waals surface area contributed by atoms with E-state index in [-0.39, 0.29) is 5.82 Å². The second-order valence-electron chi connectivity index (χ2n) is 5.38. The highest BCUT2D eigenvalue weighted by Gasteiger charge is 2.06. The number of benzene rings is 2. The molecule has 0 aliphatic rings. The molecule has 122 valence electrons. The number of aromatic nitrogens is 2. The highest BCUT2D eigenvalue weighted by atomic mass is 79.9. The molecule has 1 heterocycles. The summed E-state index contributed by atoms with van der Waals surface area (Å²) in [5.41, 5.74) is 2.42. The zero-order chi connectivity index (χ0) is 17.1. The SMILES string of the molecule is Cc1nc(Nc2ccc(Br)c(C)c2)cc(Nc2ccccc2F)n1. The molecule has 0 spiro atoms. The molecule has 2 aromatic carbocycles. The van der Waals surface area contributed by atoms with Crippen molar-refractivity contribution in [3.63, 3.8) is 0 Å². The summed E-state index contributed by atoms with van der Waals surface area (Å²) < 4.78 is 14.8. The van der Waals surface area contributed by atoms with Crippen LogP contribution in [-0.4, -0.2) is 9.97 Å². The van der Waals surface area contributed by atoms with Gasteiger partial charge >= 0.3 is 0 Å². The van der Waals surface area contributed by atoms with Gasteiger partial charge in [0.2, 0.25) is 0 Å². The summed E-state index contributed by atoms with van der Waals surface area (Å²) in [7, 11) is 0. The molecule has 0 atom stereocenters. The summed E-state index contributed by atoms with van der Waals surface area (Å²) in [6.45, 7) is 3.82. The van der Waals surface area contributed by atoms with E-state index < -0.39 is 0 Å². The molecule has 0 fully saturated rings. The Morgan fingerprint density at radius 1 is 0.917 bits per heavy atom. The van der Waals surface area contributed by atoms with Crippen LogP contribution in [0, 0.1) is 19.7 Å². The largest absolute Gasteiger partial charge is 0.340 e. The van der Waals surface area contributed by atoms with Gasteiger partial charge in [0.05, 0.1) is 5.69 Å². The Bertz CT molecular complexity index is 883. The third kappa shape index (κ3) is 3.89. The maximum absolute atomic E-state index is 13.8. The fraction of sp³-hybridized carbons (Fsp3) is 0.111. The number of hydrogen-bond donors (Lipinski definition) is 2. The molecule has 0 aliphatic heterocycles. The predicted molar refractivity (Wildman–Crippen MR) is 98.6 cm³/mol. The van der Waals surface area contributed by atoms with Crippen LogP contribution in [-0.2, 0) is 0 Å². The third-order valence-corrected chi connectivity index (χ3v) is 4.29. The molecule has 2 N–H and O–H groups in total. The van der Waals surface area contributed by atoms with Gasteiger partial charge in [-0.2, -0.15) is 0 Å². The first-order chi connectivity index (χ1) is 11.5. The zero-order valence-electron chi connectivity index (χ0n) is 13.3. The molecular weight excluding hydrogens is 371 g/mol. The standard InChI is InChI=1S/C18H16BrFN4/c1-11-9-13(7-8-14(11)19)23-17-10-18(22-12(2)21-17)24-16-6-4-3-5-15(16)20/h3-10H,1-2H3,(H2,21,22,23,24). The van der Waals surface area contributed by atoms with Crippen molar-refractivity contribution in [2.24, 2.45) is 0 Å². The smallest absolute Gasteiger partial charge is 0.146 e. The molecule has 24 heavy (non-hydrogen) atoms. The minimum atomic E-state index is -0.327. The van der Waals surface area contributed by atoms with Crippen LogP contribution < -0.4 is 10.6 Å². The topological polar surface area (TPSA) is 49.8 Å². The lowest BCUT2D eigenvalue weighted by molar-refractivity contribution is 0.632. The van der Waals surface area contributed by atoms with Gasteiger partial charge in [-0.3, -0.25) is 0 Å². The predicted octanol–water partition coefficient (Wildman–Crippen LogP) is 5.48. The van der Waals surface area contributed by atoms with Crippen molar-refractivity contribution in [2.45, 2.75) is 13.8 Å². The van der Waals surface area contributed by atoms with E-state index in [2.05, 4.69) is 36.5 Å². The number of para-hydroxylation sites is 1. The Balaban J connectivity index is 1.86. The average Bonchev–Trinajstić information content (AvgIpc) is 2.53. The van der Waals surface area contributed by atoms with Crippen LogP contribution in [0.5, 0.6) is 0 Å². The molecule has 3 aromatic rings. The molecule has 0 aliphatic carbocycles. The van der Waals surface area contributed by atoms with Crippen LogP contribution in [0.25, 0.3) is 0 Å². The summed E-state index contributed by atoms with van der Waals surface area (Å²) in [5, 5.41) is 6.23. The normalized spacial score (nSPS) is 10.5. The minimum absolute atomic E-state index is 0.327. The van der Waals surface area contributed by atoms with Crippen LogP contribution in [0.1, 0.15) is 11.4 Å². The van der Waals surface area contributed by atoms with E-state index in [1.807, 2.05) is 25.1 Å². The number of nitrogens with zero attached hydrogens (tertiary/aromatic N) is 2. The molecule has 0 saturated carbocycles. The lowest BCUT2D eigenvalue weighted by atomic mass is 10.2. The molecule has 0 unspecified atom stereocenters. The quantitative estimate of drug-likeness (QED) is 0.622. The van der Waals surface area contributed by atoms with Crippen LogP contribution >= 0.6 is 15.9 Å². The van der Waals surface area contributed by atoms with E-state index >= 15 is 0 Å². The number of hydrogen-bond acceptors (Lipinski definition) is 4. The van der Waals surface area contributed by atoms with Gasteiger partial charge in [0.25, 0.3) is 0 Å². The van der Waals surface area contributed by atoms with E-state index in [1.54, 1.807) is 31.2 Å². The van der Waals surface area contributed by atoms with Crippen molar-refractivity contribution >= 4 is 38.9 Å². The van der Waals surface area contributed by atoms with Gasteiger partial charge in [-0.05, 0) is 49.7 Å². The van der Waals surface area contributed by atoms with Crippen LogP contribution in [0.15, 0.2) is 53.0 Å². The molecule has 3 rings (SSSR count). The van der Waals surface area contributed by atoms with Crippen LogP contribution in [0.2, 0.25) is 0 Å². The summed E-state index contributed by atoms with van der Waals surface area (Å²) in [6, 6.07) is 14.2. The number of aryl methyl sites for hydroxylation is 2. The van der Waals surface area contributed by atoms with E-state index in [9.17, 15) is 4.39 Å². The second kappa shape index (κ2) is 6.97. The van der Waals surface area contributed by atoms with Gasteiger partial charge in [-0.15, -0.1) is 0 Å². The van der Waals surface area contributed by atoms with E-state index in [4.69, 9.17) is 0 Å². The Hall–Kier alpha value is -2.47. The first-order valence-electron chi connectivity index (χ1n) is 7.42. The van der Waals surface area contributed by atoms with Gasteiger partial charge in [-0.1, -0.05) is 28.1 Å². The lowest BCUT2D eigenvalue weighted by Gasteiger charge is -2.11. The molecule has 6 heteroatoms. The number of rotatable bonds is 4. The molecule has 0 amide bonds. The van der Waals surface area contributed by atoms with Crippen molar-refractivity contribution in [3.05, 3.63) is 70.2 Å². The van der Waals surface area contributed by atoms with E-state index in [1.165, 1.54) is 6.07 Å². The molecule has 1 aromatic heterocycles. The van der Waals surface area contributed by atoms with Gasteiger partial charge in [-0.25, -0.2) is 14.4 Å². The monoisotopic (exact) mass is 386 g/mol. The minimum Gasteiger partial charge on any atom is -0.340 e. The fourth-order valence-electron chi connectivity index (χ4n) is 2.27. The molecule has 4 nitrogen and oxygen atoms in total. The first-order valence-corrected chi connectivity index (χ1v) is 8.21. The maximum atomic E-state index is 13.8. The van der Waals surface area contributed by atoms with Gasteiger partial charge in [0, 0.05) is 16.2 Å². The number of nitrogens with one attached hydrogen (secondary N) is 2. The highest BCUT2D eigenvalue weighted by Crippen LogP contribution is 2.24. The molecule has 0 radical (unpaired) electrons. The zero-order valence-corrected chi connectivity index (χ0v) is 14.9. The third-order valence-electron chi connectivity index (χ3n) is 3.40. The van der Waals surface area contributed by atoms with Crippen molar-refractivity contribution in [1.82, 2.24) is 9.97 Å². The van der Waals surface area contributed by atoms with Crippen molar-refractivity contribution < 1.29 is 4.39 Å². The lowest BCUT2D eigenvalue weighted by Crippen LogP contribution is -2.02. The first kappa shape index (κ1) is 16.4. The molecular formula is C18H16BrFN4. The Labute approximate surface area is 148 Å². The highest BCUT2D eigenvalue weighted by molar-refractivity contribution is 9.10. The van der Waals surface area contributed by atoms with Gasteiger partial charge in [0.15, 0.2) is 0 Å². The number of anilines is 4. The van der Waals surface area contributed by atoms with Gasteiger partial charge in [0.1, 0.15) is 23.3 Å². The van der Waals surface area contributed by atoms with Crippen LogP contribution in [0.3, 0.4) is 0 Å². The number of halogens is 2. The molecule has 0 saturated heterocycles. The Morgan fingerprint density at radius 2 is 1.62 bits per heavy atom. The van der Waals surface area contributed by atoms with Crippen molar-refractivity contribution in [1.29, 1.82) is 0 Å². The van der Waals surface area contributed by atoms with Crippen molar-refractivity contribution in [2.75, 3.05) is 10.6 Å². The van der Waals surface area contributed by atoms with Crippen LogP contribution in [0.4, 0.5) is 27.4 Å². The second-order valence-corrected chi connectivity index (χ2v) is 6.23. The average molecular weight is 387 g/mol. The summed E-state index contributed by atoms with van der Waals surface area (Å²) >= 11 is 3.48. The van der Waals surface area contributed by atoms with E-state index in [0.717, 1.165) is 15.7 Å². The fourth-order valence-corrected chi connectivity index (χ4v) is 2.51. The molecule has 0 bridgehead atoms. The summed E-state index contributed by atoms with van der Waals surface area (Å²) in [5.74, 6) is 1.44. The maximum Gasteiger partial charge on any atom is 0.146 e. The van der Waals surface area contributed by atoms with E-state index in [0.29, 0.717) is 23.1 Å². The summed E-state index contributed by atoms with van der Waals surface area (Å²) in [4.78, 5) is 8.68. The van der Waals surface area contributed by atoms with Gasteiger partial charge < -0.3 is 10.6 Å². The summed E-state index contributed by atoms with van der Waals surface area (Å²) in [6.07, 6.45) is 0.